The van der Waals surface area contributed by atoms with Crippen LogP contribution in [-0.2, 0) is 21.9 Å². The molecule has 0 spiro atoms. The van der Waals surface area contributed by atoms with Crippen LogP contribution in [0.2, 0.25) is 4.34 Å². The number of rotatable bonds is 5. The number of benzene rings is 1. The van der Waals surface area contributed by atoms with Crippen molar-refractivity contribution in [3.8, 4) is 11.5 Å². The summed E-state index contributed by atoms with van der Waals surface area (Å²) in [5.74, 6) is 0.682. The van der Waals surface area contributed by atoms with Crippen LogP contribution in [0, 0.1) is 0 Å². The summed E-state index contributed by atoms with van der Waals surface area (Å²) in [4.78, 5) is 18.0. The highest BCUT2D eigenvalue weighted by molar-refractivity contribution is 7.91. The van der Waals surface area contributed by atoms with Crippen LogP contribution < -0.4 is 14.3 Å². The number of aromatic nitrogens is 1. The molecule has 1 aliphatic rings. The Kier molecular flexibility index (Phi) is 6.64. The highest BCUT2D eigenvalue weighted by atomic mass is 35.5. The molecule has 172 valence electrons. The van der Waals surface area contributed by atoms with E-state index in [9.17, 15) is 13.2 Å². The van der Waals surface area contributed by atoms with Gasteiger partial charge in [-0.25, -0.2) is 8.42 Å². The minimum atomic E-state index is -3.83. The van der Waals surface area contributed by atoms with E-state index >= 15 is 0 Å². The number of piperidine rings is 1. The second-order valence-corrected chi connectivity index (χ2v) is 12.1. The van der Waals surface area contributed by atoms with E-state index < -0.39 is 22.0 Å². The van der Waals surface area contributed by atoms with Gasteiger partial charge in [0.05, 0.1) is 28.8 Å². The zero-order valence-electron chi connectivity index (χ0n) is 17.7. The van der Waals surface area contributed by atoms with E-state index in [-0.39, 0.29) is 10.8 Å². The quantitative estimate of drug-likeness (QED) is 0.517. The Morgan fingerprint density at radius 3 is 2.53 bits per heavy atom. The van der Waals surface area contributed by atoms with Gasteiger partial charge in [-0.05, 0) is 25.0 Å². The normalized spacial score (nSPS) is 18.2. The third kappa shape index (κ3) is 4.19. The minimum absolute atomic E-state index is 0.133. The number of hydrogen-bond donors (Lipinski definition) is 0. The molecule has 32 heavy (non-hydrogen) atoms. The molecule has 12 heteroatoms. The first-order valence-corrected chi connectivity index (χ1v) is 13.3. The number of ether oxygens (including phenoxy) is 2. The lowest BCUT2D eigenvalue weighted by Crippen LogP contribution is -2.47. The lowest BCUT2D eigenvalue weighted by Gasteiger charge is -2.31. The highest BCUT2D eigenvalue weighted by Gasteiger charge is 2.38. The summed E-state index contributed by atoms with van der Waals surface area (Å²) >= 11 is 8.26. The number of halogens is 1. The molecule has 1 fully saturated rings. The molecule has 8 nitrogen and oxygen atoms in total. The van der Waals surface area contributed by atoms with Gasteiger partial charge >= 0.3 is 0 Å². The zero-order chi connectivity index (χ0) is 23.0. The van der Waals surface area contributed by atoms with Gasteiger partial charge in [0.25, 0.3) is 15.9 Å². The molecule has 3 aromatic rings. The Labute approximate surface area is 198 Å². The van der Waals surface area contributed by atoms with Gasteiger partial charge in [0, 0.05) is 25.7 Å². The molecule has 1 aromatic carbocycles. The molecule has 1 aliphatic heterocycles. The lowest BCUT2D eigenvalue weighted by molar-refractivity contribution is -0.122. The van der Waals surface area contributed by atoms with Crippen molar-refractivity contribution >= 4 is 60.4 Å². The molecule has 0 saturated carbocycles. The molecular formula is C20H22ClN3O5S3. The van der Waals surface area contributed by atoms with Crippen LogP contribution in [-0.4, -0.2) is 50.0 Å². The largest absolute Gasteiger partial charge is 0.493 e. The van der Waals surface area contributed by atoms with E-state index in [2.05, 4.69) is 4.99 Å². The molecule has 0 aliphatic carbocycles. The number of carbonyl (C=O) groups excluding carboxylic acids is 1. The van der Waals surface area contributed by atoms with E-state index in [1.165, 1.54) is 21.7 Å². The summed E-state index contributed by atoms with van der Waals surface area (Å²) < 4.78 is 41.5. The smallest absolute Gasteiger partial charge is 0.266 e. The molecule has 4 rings (SSSR count). The van der Waals surface area contributed by atoms with E-state index in [4.69, 9.17) is 21.1 Å². The molecule has 0 radical (unpaired) electrons. The number of methoxy groups -OCH3 is 2. The summed E-state index contributed by atoms with van der Waals surface area (Å²) in [5.41, 5.74) is 0.834. The van der Waals surface area contributed by atoms with Crippen molar-refractivity contribution < 1.29 is 22.7 Å². The topological polar surface area (TPSA) is 90.2 Å². The number of amides is 1. The second-order valence-electron chi connectivity index (χ2n) is 7.25. The maximum absolute atomic E-state index is 13.2. The predicted molar refractivity (Wildman–Crippen MR) is 125 cm³/mol. The van der Waals surface area contributed by atoms with Crippen molar-refractivity contribution in [3.63, 3.8) is 0 Å². The van der Waals surface area contributed by atoms with Gasteiger partial charge in [0.2, 0.25) is 0 Å². The average Bonchev–Trinajstić information content (AvgIpc) is 3.36. The number of thiazole rings is 1. The number of thiophene rings is 1. The van der Waals surface area contributed by atoms with Gasteiger partial charge < -0.3 is 14.0 Å². The fraction of sp³-hybridized carbons (Fsp3) is 0.400. The van der Waals surface area contributed by atoms with Crippen molar-refractivity contribution in [1.82, 2.24) is 8.87 Å². The summed E-state index contributed by atoms with van der Waals surface area (Å²) in [6, 6.07) is 5.84. The van der Waals surface area contributed by atoms with Gasteiger partial charge in [-0.15, -0.1) is 11.3 Å². The Morgan fingerprint density at radius 2 is 1.88 bits per heavy atom. The molecule has 1 atom stereocenters. The number of sulfonamides is 1. The maximum atomic E-state index is 13.2. The third-order valence-electron chi connectivity index (χ3n) is 5.37. The number of fused-ring (bicyclic) bond motifs is 1. The summed E-state index contributed by atoms with van der Waals surface area (Å²) in [5, 5.41) is 0. The summed E-state index contributed by atoms with van der Waals surface area (Å²) in [6.07, 6.45) is 1.88. The van der Waals surface area contributed by atoms with Gasteiger partial charge in [0.15, 0.2) is 16.3 Å². The van der Waals surface area contributed by atoms with Crippen LogP contribution in [0.25, 0.3) is 10.2 Å². The first-order valence-electron chi connectivity index (χ1n) is 9.83. The number of nitrogens with zero attached hydrogens (tertiary/aromatic N) is 3. The van der Waals surface area contributed by atoms with E-state index in [1.807, 2.05) is 12.1 Å². The SMILES string of the molecule is COc1cc2sc(=NC(=O)C3CCCCN3S(=O)(=O)c3ccc(Cl)s3)n(C)c2cc1OC. The monoisotopic (exact) mass is 515 g/mol. The molecule has 1 saturated heterocycles. The van der Waals surface area contributed by atoms with Crippen LogP contribution in [0.15, 0.2) is 33.5 Å². The van der Waals surface area contributed by atoms with E-state index in [0.717, 1.165) is 28.0 Å². The Morgan fingerprint density at radius 1 is 1.16 bits per heavy atom. The van der Waals surface area contributed by atoms with Crippen LogP contribution in [0.1, 0.15) is 19.3 Å². The van der Waals surface area contributed by atoms with Crippen LogP contribution in [0.4, 0.5) is 0 Å². The predicted octanol–water partition coefficient (Wildman–Crippen LogP) is 3.64. The average molecular weight is 516 g/mol. The molecule has 1 unspecified atom stereocenters. The van der Waals surface area contributed by atoms with Gasteiger partial charge in [-0.3, -0.25) is 4.79 Å². The highest BCUT2D eigenvalue weighted by Crippen LogP contribution is 2.34. The number of carbonyl (C=O) groups is 1. The number of aryl methyl sites for hydroxylation is 1. The fourth-order valence-electron chi connectivity index (χ4n) is 3.72. The number of hydrogen-bond acceptors (Lipinski definition) is 7. The Hall–Kier alpha value is -1.92. The minimum Gasteiger partial charge on any atom is -0.493 e. The van der Waals surface area contributed by atoms with Crippen molar-refractivity contribution in [1.29, 1.82) is 0 Å². The Balaban J connectivity index is 1.73. The van der Waals surface area contributed by atoms with Crippen molar-refractivity contribution in [2.45, 2.75) is 29.5 Å². The third-order valence-corrected chi connectivity index (χ3v) is 10.1. The second kappa shape index (κ2) is 9.14. The summed E-state index contributed by atoms with van der Waals surface area (Å²) in [7, 11) is 1.09. The van der Waals surface area contributed by atoms with Gasteiger partial charge in [-0.1, -0.05) is 29.4 Å². The summed E-state index contributed by atoms with van der Waals surface area (Å²) in [6.45, 7) is 0.275. The van der Waals surface area contributed by atoms with Crippen molar-refractivity contribution in [3.05, 3.63) is 33.4 Å². The van der Waals surface area contributed by atoms with Crippen LogP contribution >= 0.6 is 34.3 Å². The van der Waals surface area contributed by atoms with Crippen LogP contribution in [0.3, 0.4) is 0 Å². The molecule has 2 aromatic heterocycles. The zero-order valence-corrected chi connectivity index (χ0v) is 20.9. The fourth-order valence-corrected chi connectivity index (χ4v) is 8.02. The van der Waals surface area contributed by atoms with E-state index in [0.29, 0.717) is 33.5 Å². The first kappa shape index (κ1) is 23.2. The van der Waals surface area contributed by atoms with Crippen molar-refractivity contribution in [2.75, 3.05) is 20.8 Å². The first-order chi connectivity index (χ1) is 15.3. The van der Waals surface area contributed by atoms with Crippen molar-refractivity contribution in [2.24, 2.45) is 12.0 Å². The molecular weight excluding hydrogens is 494 g/mol. The maximum Gasteiger partial charge on any atom is 0.266 e. The van der Waals surface area contributed by atoms with Gasteiger partial charge in [0.1, 0.15) is 10.3 Å². The molecule has 0 bridgehead atoms. The van der Waals surface area contributed by atoms with Gasteiger partial charge in [-0.2, -0.15) is 9.30 Å². The molecule has 3 heterocycles. The molecule has 0 N–H and O–H groups in total. The van der Waals surface area contributed by atoms with Crippen LogP contribution in [0.5, 0.6) is 11.5 Å². The standard InChI is InChI=1S/C20H22ClN3O5S3/c1-23-13-10-14(28-2)15(29-3)11-16(13)30-20(23)22-19(25)12-6-4-5-9-24(12)32(26,27)18-8-7-17(21)31-18/h7-8,10-12H,4-6,9H2,1-3H3. The van der Waals surface area contributed by atoms with E-state index in [1.54, 1.807) is 31.9 Å². The molecule has 1 amide bonds. The lowest BCUT2D eigenvalue weighted by atomic mass is 10.0. The Bertz CT molecular complexity index is 1340.